The van der Waals surface area contributed by atoms with E-state index >= 15 is 0 Å². The maximum Gasteiger partial charge on any atom is 0.573 e. The SMILES string of the molecule is Oc1ccc(OC(F)(F)F)cc1[C@@H](c1ccco1)N1CCNCC1. The molecule has 2 aromatic rings. The number of phenols is 1. The van der Waals surface area contributed by atoms with Gasteiger partial charge in [-0.05, 0) is 30.3 Å². The van der Waals surface area contributed by atoms with E-state index in [1.807, 2.05) is 4.90 Å². The quantitative estimate of drug-likeness (QED) is 0.895. The Morgan fingerprint density at radius 1 is 1.21 bits per heavy atom. The van der Waals surface area contributed by atoms with Crippen LogP contribution in [0.4, 0.5) is 13.2 Å². The first-order chi connectivity index (χ1) is 11.4. The van der Waals surface area contributed by atoms with E-state index in [2.05, 4.69) is 10.1 Å². The number of piperazine rings is 1. The summed E-state index contributed by atoms with van der Waals surface area (Å²) in [4.78, 5) is 2.04. The second kappa shape index (κ2) is 6.74. The highest BCUT2D eigenvalue weighted by molar-refractivity contribution is 5.44. The van der Waals surface area contributed by atoms with Gasteiger partial charge in [-0.2, -0.15) is 0 Å². The smallest absolute Gasteiger partial charge is 0.508 e. The minimum absolute atomic E-state index is 0.107. The summed E-state index contributed by atoms with van der Waals surface area (Å²) in [5.41, 5.74) is 0.314. The number of alkyl halides is 3. The van der Waals surface area contributed by atoms with E-state index in [0.29, 0.717) is 24.4 Å². The van der Waals surface area contributed by atoms with E-state index in [9.17, 15) is 18.3 Å². The van der Waals surface area contributed by atoms with Crippen molar-refractivity contribution in [2.24, 2.45) is 0 Å². The van der Waals surface area contributed by atoms with E-state index in [4.69, 9.17) is 4.42 Å². The molecule has 8 heteroatoms. The van der Waals surface area contributed by atoms with Crippen LogP contribution in [0.1, 0.15) is 17.4 Å². The lowest BCUT2D eigenvalue weighted by atomic mass is 10.0. The minimum Gasteiger partial charge on any atom is -0.508 e. The second-order valence-electron chi connectivity index (χ2n) is 5.47. The monoisotopic (exact) mass is 342 g/mol. The summed E-state index contributed by atoms with van der Waals surface area (Å²) in [6.45, 7) is 2.84. The highest BCUT2D eigenvalue weighted by Gasteiger charge is 2.33. The molecule has 1 aromatic carbocycles. The lowest BCUT2D eigenvalue weighted by Crippen LogP contribution is -2.45. The van der Waals surface area contributed by atoms with Gasteiger partial charge in [-0.15, -0.1) is 13.2 Å². The number of ether oxygens (including phenoxy) is 1. The molecule has 1 aliphatic heterocycles. The minimum atomic E-state index is -4.79. The van der Waals surface area contributed by atoms with Gasteiger partial charge in [-0.1, -0.05) is 0 Å². The molecular weight excluding hydrogens is 325 g/mol. The van der Waals surface area contributed by atoms with Gasteiger partial charge in [-0.3, -0.25) is 4.90 Å². The maximum atomic E-state index is 12.5. The number of nitrogens with zero attached hydrogens (tertiary/aromatic N) is 1. The van der Waals surface area contributed by atoms with Gasteiger partial charge in [0.2, 0.25) is 0 Å². The molecule has 0 amide bonds. The van der Waals surface area contributed by atoms with Crippen LogP contribution in [0.3, 0.4) is 0 Å². The number of hydrogen-bond donors (Lipinski definition) is 2. The molecule has 2 heterocycles. The van der Waals surface area contributed by atoms with Crippen LogP contribution in [0.25, 0.3) is 0 Å². The van der Waals surface area contributed by atoms with Crippen molar-refractivity contribution in [3.8, 4) is 11.5 Å². The Kier molecular flexibility index (Phi) is 4.68. The fourth-order valence-corrected chi connectivity index (χ4v) is 2.87. The standard InChI is InChI=1S/C16H17F3N2O3/c17-16(18,19)24-11-3-4-13(22)12(10-11)15(14-2-1-9-23-14)21-7-5-20-6-8-21/h1-4,9-10,15,20,22H,5-8H2/t15-/m0/s1. The van der Waals surface area contributed by atoms with Gasteiger partial charge in [0.05, 0.1) is 12.3 Å². The number of halogens is 3. The Morgan fingerprint density at radius 2 is 1.96 bits per heavy atom. The van der Waals surface area contributed by atoms with Crippen LogP contribution in [0.15, 0.2) is 41.0 Å². The molecular formula is C16H17F3N2O3. The van der Waals surface area contributed by atoms with Gasteiger partial charge in [0.15, 0.2) is 0 Å². The van der Waals surface area contributed by atoms with Gasteiger partial charge in [0.25, 0.3) is 0 Å². The van der Waals surface area contributed by atoms with Gasteiger partial charge in [0.1, 0.15) is 17.3 Å². The average molecular weight is 342 g/mol. The predicted octanol–water partition coefficient (Wildman–Crippen LogP) is 2.88. The first-order valence-corrected chi connectivity index (χ1v) is 7.51. The molecule has 0 saturated carbocycles. The fourth-order valence-electron chi connectivity index (χ4n) is 2.87. The largest absolute Gasteiger partial charge is 0.573 e. The van der Waals surface area contributed by atoms with E-state index in [-0.39, 0.29) is 11.5 Å². The Hall–Kier alpha value is -2.19. The molecule has 24 heavy (non-hydrogen) atoms. The van der Waals surface area contributed by atoms with E-state index in [0.717, 1.165) is 19.2 Å². The van der Waals surface area contributed by atoms with Crippen LogP contribution in [-0.4, -0.2) is 42.5 Å². The highest BCUT2D eigenvalue weighted by Crippen LogP contribution is 2.37. The number of furan rings is 1. The van der Waals surface area contributed by atoms with Crippen molar-refractivity contribution < 1.29 is 27.4 Å². The lowest BCUT2D eigenvalue weighted by Gasteiger charge is -2.34. The third-order valence-electron chi connectivity index (χ3n) is 3.86. The summed E-state index contributed by atoms with van der Waals surface area (Å²) in [5.74, 6) is 0.0720. The molecule has 3 rings (SSSR count). The van der Waals surface area contributed by atoms with Crippen molar-refractivity contribution in [2.45, 2.75) is 12.4 Å². The summed E-state index contributed by atoms with van der Waals surface area (Å²) >= 11 is 0. The molecule has 5 nitrogen and oxygen atoms in total. The molecule has 1 fully saturated rings. The molecule has 0 bridgehead atoms. The molecule has 0 spiro atoms. The summed E-state index contributed by atoms with van der Waals surface area (Å²) < 4.78 is 46.9. The number of rotatable bonds is 4. The van der Waals surface area contributed by atoms with Crippen LogP contribution < -0.4 is 10.1 Å². The average Bonchev–Trinajstić information content (AvgIpc) is 3.04. The van der Waals surface area contributed by atoms with Crippen molar-refractivity contribution in [2.75, 3.05) is 26.2 Å². The molecule has 0 aliphatic carbocycles. The number of aromatic hydroxyl groups is 1. The Bertz CT molecular complexity index is 668. The first-order valence-electron chi connectivity index (χ1n) is 7.51. The van der Waals surface area contributed by atoms with E-state index in [1.54, 1.807) is 12.1 Å². The van der Waals surface area contributed by atoms with Crippen molar-refractivity contribution in [3.05, 3.63) is 47.9 Å². The normalized spacial score (nSPS) is 17.6. The van der Waals surface area contributed by atoms with Crippen LogP contribution >= 0.6 is 0 Å². The molecule has 130 valence electrons. The Labute approximate surface area is 136 Å². The van der Waals surface area contributed by atoms with Crippen molar-refractivity contribution in [1.82, 2.24) is 10.2 Å². The first kappa shape index (κ1) is 16.7. The molecule has 0 unspecified atom stereocenters. The zero-order chi connectivity index (χ0) is 17.2. The summed E-state index contributed by atoms with van der Waals surface area (Å²) in [7, 11) is 0. The van der Waals surface area contributed by atoms with Crippen molar-refractivity contribution in [1.29, 1.82) is 0 Å². The molecule has 1 atom stereocenters. The van der Waals surface area contributed by atoms with E-state index < -0.39 is 12.4 Å². The van der Waals surface area contributed by atoms with Crippen LogP contribution in [0.5, 0.6) is 11.5 Å². The number of phenolic OH excluding ortho intramolecular Hbond substituents is 1. The molecule has 1 saturated heterocycles. The van der Waals surface area contributed by atoms with Crippen molar-refractivity contribution >= 4 is 0 Å². The zero-order valence-corrected chi connectivity index (χ0v) is 12.7. The second-order valence-corrected chi connectivity index (χ2v) is 5.47. The topological polar surface area (TPSA) is 57.9 Å². The molecule has 1 aliphatic rings. The van der Waals surface area contributed by atoms with Crippen molar-refractivity contribution in [3.63, 3.8) is 0 Å². The maximum absolute atomic E-state index is 12.5. The fraction of sp³-hybridized carbons (Fsp3) is 0.375. The molecule has 2 N–H and O–H groups in total. The highest BCUT2D eigenvalue weighted by atomic mass is 19.4. The van der Waals surface area contributed by atoms with E-state index in [1.165, 1.54) is 18.4 Å². The Morgan fingerprint density at radius 3 is 2.58 bits per heavy atom. The number of nitrogens with one attached hydrogen (secondary N) is 1. The van der Waals surface area contributed by atoms with Gasteiger partial charge < -0.3 is 19.6 Å². The molecule has 0 radical (unpaired) electrons. The number of benzene rings is 1. The number of hydrogen-bond acceptors (Lipinski definition) is 5. The summed E-state index contributed by atoms with van der Waals surface area (Å²) in [6.07, 6.45) is -3.29. The van der Waals surface area contributed by atoms with Crippen LogP contribution in [-0.2, 0) is 0 Å². The lowest BCUT2D eigenvalue weighted by molar-refractivity contribution is -0.274. The third-order valence-corrected chi connectivity index (χ3v) is 3.86. The Balaban J connectivity index is 1.99. The van der Waals surface area contributed by atoms with Gasteiger partial charge in [0, 0.05) is 31.7 Å². The molecule has 1 aromatic heterocycles. The predicted molar refractivity (Wildman–Crippen MR) is 79.8 cm³/mol. The van der Waals surface area contributed by atoms with Crippen LogP contribution in [0, 0.1) is 0 Å². The van der Waals surface area contributed by atoms with Gasteiger partial charge in [-0.25, -0.2) is 0 Å². The van der Waals surface area contributed by atoms with Gasteiger partial charge >= 0.3 is 6.36 Å². The zero-order valence-electron chi connectivity index (χ0n) is 12.7. The summed E-state index contributed by atoms with van der Waals surface area (Å²) in [5, 5.41) is 13.4. The van der Waals surface area contributed by atoms with Crippen LogP contribution in [0.2, 0.25) is 0 Å². The third kappa shape index (κ3) is 3.82. The summed E-state index contributed by atoms with van der Waals surface area (Å²) in [6, 6.07) is 6.45.